The zero-order valence-corrected chi connectivity index (χ0v) is 21.8. The lowest BCUT2D eigenvalue weighted by Crippen LogP contribution is -2.00. The van der Waals surface area contributed by atoms with Crippen LogP contribution in [0.2, 0.25) is 0 Å². The van der Waals surface area contributed by atoms with Crippen LogP contribution in [0.5, 0.6) is 0 Å². The Hall–Kier alpha value is -3.72. The van der Waals surface area contributed by atoms with Gasteiger partial charge >= 0.3 is 0 Å². The molecule has 0 saturated carbocycles. The van der Waals surface area contributed by atoms with Crippen LogP contribution < -0.4 is 0 Å². The van der Waals surface area contributed by atoms with Crippen LogP contribution in [0, 0.1) is 0 Å². The Morgan fingerprint density at radius 1 is 0.595 bits per heavy atom. The summed E-state index contributed by atoms with van der Waals surface area (Å²) in [6.07, 6.45) is 5.50. The number of allylic oxidation sites excluding steroid dienone is 1. The smallest absolute Gasteiger partial charge is 0.0279 e. The molecule has 2 aliphatic heterocycles. The lowest BCUT2D eigenvalue weighted by atomic mass is 9.86. The Morgan fingerprint density at radius 2 is 1.35 bits per heavy atom. The third-order valence-electron chi connectivity index (χ3n) is 7.67. The molecular weight excluding hydrogens is 485 g/mol. The van der Waals surface area contributed by atoms with Crippen LogP contribution in [0.3, 0.4) is 0 Å². The van der Waals surface area contributed by atoms with Crippen molar-refractivity contribution < 1.29 is 0 Å². The van der Waals surface area contributed by atoms with Crippen LogP contribution in [0.4, 0.5) is 0 Å². The van der Waals surface area contributed by atoms with Crippen LogP contribution in [0.1, 0.15) is 16.7 Å². The highest BCUT2D eigenvalue weighted by Gasteiger charge is 2.26. The van der Waals surface area contributed by atoms with E-state index in [9.17, 15) is 0 Å². The summed E-state index contributed by atoms with van der Waals surface area (Å²) >= 11 is 3.73. The molecule has 37 heavy (non-hydrogen) atoms. The Bertz CT molecular complexity index is 1980. The SMILES string of the molecule is C=C1Sc2cccc3c4c5c(cccc5c(c23)C/C=C\c2ccccc21)Sc1c-4ccc2ccccc12. The summed E-state index contributed by atoms with van der Waals surface area (Å²) in [6, 6.07) is 35.7. The van der Waals surface area contributed by atoms with E-state index in [1.165, 1.54) is 74.8 Å². The maximum atomic E-state index is 4.52. The third-order valence-corrected chi connectivity index (χ3v) is 9.90. The van der Waals surface area contributed by atoms with Gasteiger partial charge in [-0.05, 0) is 67.9 Å². The zero-order chi connectivity index (χ0) is 24.5. The predicted molar refractivity (Wildman–Crippen MR) is 163 cm³/mol. The molecule has 174 valence electrons. The van der Waals surface area contributed by atoms with Gasteiger partial charge in [0.25, 0.3) is 0 Å². The Labute approximate surface area is 224 Å². The summed E-state index contributed by atoms with van der Waals surface area (Å²) in [5, 5.41) is 8.09. The summed E-state index contributed by atoms with van der Waals surface area (Å²) in [5.41, 5.74) is 6.57. The summed E-state index contributed by atoms with van der Waals surface area (Å²) in [7, 11) is 0. The largest absolute Gasteiger partial charge is 0.0894 e. The van der Waals surface area contributed by atoms with Gasteiger partial charge in [0.2, 0.25) is 0 Å². The van der Waals surface area contributed by atoms with Gasteiger partial charge in [-0.2, -0.15) is 0 Å². The molecule has 0 aromatic heterocycles. The maximum Gasteiger partial charge on any atom is 0.0279 e. The summed E-state index contributed by atoms with van der Waals surface area (Å²) in [4.78, 5) is 5.09. The average Bonchev–Trinajstić information content (AvgIpc) is 2.94. The van der Waals surface area contributed by atoms with Crippen molar-refractivity contribution in [3.05, 3.63) is 126 Å². The van der Waals surface area contributed by atoms with Crippen LogP contribution in [-0.2, 0) is 6.42 Å². The topological polar surface area (TPSA) is 0 Å². The summed E-state index contributed by atoms with van der Waals surface area (Å²) < 4.78 is 0. The van der Waals surface area contributed by atoms with Crippen LogP contribution >= 0.6 is 23.5 Å². The van der Waals surface area contributed by atoms with Gasteiger partial charge in [-0.15, -0.1) is 0 Å². The van der Waals surface area contributed by atoms with Gasteiger partial charge in [0.15, 0.2) is 0 Å². The lowest BCUT2D eigenvalue weighted by Gasteiger charge is -2.26. The fraction of sp³-hybridized carbons (Fsp3) is 0.0286. The standard InChI is InChI=1S/C35H22S2/c1-21-24-12-4-2-9-22(24)11-6-14-26-27-15-7-18-31-34(27)33(28-16-8-17-30(36-21)32(26)28)29-20-19-23-10-3-5-13-25(23)35(29)37-31/h2-13,15-20H,1,14H2/b11-6-. The van der Waals surface area contributed by atoms with Crippen LogP contribution in [0.15, 0.2) is 124 Å². The van der Waals surface area contributed by atoms with Crippen molar-refractivity contribution in [3.8, 4) is 11.1 Å². The zero-order valence-electron chi connectivity index (χ0n) is 20.1. The van der Waals surface area contributed by atoms with E-state index in [-0.39, 0.29) is 0 Å². The van der Waals surface area contributed by atoms with Crippen molar-refractivity contribution in [2.45, 2.75) is 21.1 Å². The molecule has 0 bridgehead atoms. The van der Waals surface area contributed by atoms with Gasteiger partial charge in [-0.25, -0.2) is 0 Å². The van der Waals surface area contributed by atoms with Gasteiger partial charge in [0.1, 0.15) is 0 Å². The third kappa shape index (κ3) is 3.13. The fourth-order valence-electron chi connectivity index (χ4n) is 6.07. The number of fused-ring (bicyclic) bond motifs is 7. The molecule has 6 aromatic carbocycles. The molecule has 0 nitrogen and oxygen atoms in total. The van der Waals surface area contributed by atoms with Crippen molar-refractivity contribution >= 4 is 66.8 Å². The van der Waals surface area contributed by atoms with E-state index in [1.54, 1.807) is 11.8 Å². The molecule has 0 radical (unpaired) electrons. The molecule has 2 heteroatoms. The molecule has 0 amide bonds. The molecule has 0 saturated heterocycles. The first-order chi connectivity index (χ1) is 18.3. The second kappa shape index (κ2) is 8.14. The van der Waals surface area contributed by atoms with Crippen molar-refractivity contribution in [2.75, 3.05) is 0 Å². The quantitative estimate of drug-likeness (QED) is 0.188. The van der Waals surface area contributed by atoms with E-state index in [1.807, 2.05) is 11.8 Å². The van der Waals surface area contributed by atoms with Gasteiger partial charge in [0, 0.05) is 30.4 Å². The first kappa shape index (κ1) is 21.4. The molecular formula is C35H22S2. The van der Waals surface area contributed by atoms with Gasteiger partial charge < -0.3 is 0 Å². The molecule has 2 aliphatic rings. The Morgan fingerprint density at radius 3 is 2.27 bits per heavy atom. The molecule has 0 fully saturated rings. The van der Waals surface area contributed by atoms with Crippen LogP contribution in [-0.4, -0.2) is 0 Å². The summed E-state index contributed by atoms with van der Waals surface area (Å²) in [6.45, 7) is 4.52. The Balaban J connectivity index is 1.51. The minimum absolute atomic E-state index is 0.893. The van der Waals surface area contributed by atoms with Crippen molar-refractivity contribution in [1.29, 1.82) is 0 Å². The maximum absolute atomic E-state index is 4.52. The monoisotopic (exact) mass is 506 g/mol. The van der Waals surface area contributed by atoms with Crippen molar-refractivity contribution in [3.63, 3.8) is 0 Å². The highest BCUT2D eigenvalue weighted by atomic mass is 32.2. The normalized spacial score (nSPS) is 15.0. The second-order valence-corrected chi connectivity index (χ2v) is 11.9. The van der Waals surface area contributed by atoms with Crippen LogP contribution in [0.25, 0.3) is 54.4 Å². The number of benzene rings is 6. The first-order valence-electron chi connectivity index (χ1n) is 12.6. The van der Waals surface area contributed by atoms with Crippen molar-refractivity contribution in [2.24, 2.45) is 0 Å². The molecule has 0 N–H and O–H groups in total. The van der Waals surface area contributed by atoms with E-state index in [4.69, 9.17) is 0 Å². The highest BCUT2D eigenvalue weighted by Crippen LogP contribution is 2.55. The lowest BCUT2D eigenvalue weighted by molar-refractivity contribution is 1.31. The predicted octanol–water partition coefficient (Wildman–Crippen LogP) is 10.6. The number of rotatable bonds is 0. The number of thioether (sulfide) groups is 1. The van der Waals surface area contributed by atoms with E-state index in [0.29, 0.717) is 0 Å². The van der Waals surface area contributed by atoms with Gasteiger partial charge in [0.05, 0.1) is 0 Å². The molecule has 6 aromatic rings. The molecule has 0 spiro atoms. The van der Waals surface area contributed by atoms with E-state index < -0.39 is 0 Å². The van der Waals surface area contributed by atoms with E-state index in [2.05, 4.69) is 116 Å². The van der Waals surface area contributed by atoms with E-state index in [0.717, 1.165) is 11.3 Å². The minimum Gasteiger partial charge on any atom is -0.0894 e. The van der Waals surface area contributed by atoms with E-state index >= 15 is 0 Å². The fourth-order valence-corrected chi connectivity index (χ4v) is 8.37. The molecule has 2 heterocycles. The molecule has 0 unspecified atom stereocenters. The molecule has 0 atom stereocenters. The number of hydrogen-bond donors (Lipinski definition) is 0. The average molecular weight is 507 g/mol. The molecule has 8 rings (SSSR count). The first-order valence-corrected chi connectivity index (χ1v) is 14.2. The second-order valence-electron chi connectivity index (χ2n) is 9.70. The summed E-state index contributed by atoms with van der Waals surface area (Å²) in [5.74, 6) is 0. The minimum atomic E-state index is 0.893. The Kier molecular flexibility index (Phi) is 4.70. The van der Waals surface area contributed by atoms with Gasteiger partial charge in [-0.1, -0.05) is 127 Å². The number of hydrogen-bond acceptors (Lipinski definition) is 2. The van der Waals surface area contributed by atoms with Gasteiger partial charge in [-0.3, -0.25) is 0 Å². The highest BCUT2D eigenvalue weighted by molar-refractivity contribution is 8.08. The van der Waals surface area contributed by atoms with Crippen molar-refractivity contribution in [1.82, 2.24) is 0 Å². The molecule has 0 aliphatic carbocycles.